The summed E-state index contributed by atoms with van der Waals surface area (Å²) in [5.74, 6) is -29.6. The minimum Gasteiger partial charge on any atom is -0.465 e. The molecule has 0 amide bonds. The lowest BCUT2D eigenvalue weighted by Crippen LogP contribution is -2.57. The molecule has 20 nitrogen and oxygen atoms in total. The first-order valence-electron chi connectivity index (χ1n) is 45.0. The first kappa shape index (κ1) is 98.1. The molecule has 1 aromatic carbocycles. The summed E-state index contributed by atoms with van der Waals surface area (Å²) in [6.07, 6.45) is 28.3. The van der Waals surface area contributed by atoms with Gasteiger partial charge in [0.15, 0.2) is 0 Å². The van der Waals surface area contributed by atoms with Gasteiger partial charge >= 0.3 is 95.2 Å². The fourth-order valence-corrected chi connectivity index (χ4v) is 26.2. The fraction of sp³-hybridized carbons (Fsp3) is 0.826. The van der Waals surface area contributed by atoms with Crippen LogP contribution in [0, 0.1) is 112 Å². The molecule has 0 aromatic heterocycles. The summed E-state index contributed by atoms with van der Waals surface area (Å²) < 4.78 is 222. The number of ketones is 1. The summed E-state index contributed by atoms with van der Waals surface area (Å²) in [4.78, 5) is 112. The first-order chi connectivity index (χ1) is 58.3. The lowest BCUT2D eigenvalue weighted by molar-refractivity contribution is -0.207. The van der Waals surface area contributed by atoms with E-state index in [2.05, 4.69) is 45.4 Å². The number of alkyl halides is 14. The molecule has 19 saturated carbocycles. The maximum Gasteiger partial charge on any atom is 0.377 e. The van der Waals surface area contributed by atoms with Gasteiger partial charge in [-0.3, -0.25) is 14.4 Å². The van der Waals surface area contributed by atoms with Crippen molar-refractivity contribution in [3.8, 4) is 0 Å². The number of carbonyl (C=O) groups is 10. The number of benzene rings is 1. The van der Waals surface area contributed by atoms with Crippen LogP contribution < -0.4 is 0 Å². The number of rotatable bonds is 21. The number of aryl methyl sites for hydroxylation is 1. The highest BCUT2D eigenvalue weighted by Gasteiger charge is 2.66. The minimum atomic E-state index is -3.50. The third kappa shape index (κ3) is 24.1. The van der Waals surface area contributed by atoms with Gasteiger partial charge in [0, 0.05) is 94.3 Å². The van der Waals surface area contributed by atoms with Crippen molar-refractivity contribution in [1.82, 2.24) is 0 Å². The van der Waals surface area contributed by atoms with Crippen LogP contribution >= 0.6 is 0 Å². The molecule has 21 aliphatic rings. The number of aliphatic hydroxyl groups is 1. The molecule has 2 saturated heterocycles. The van der Waals surface area contributed by atoms with Crippen LogP contribution in [0.25, 0.3) is 0 Å². The van der Waals surface area contributed by atoms with E-state index >= 15 is 0 Å². The highest BCUT2D eigenvalue weighted by Crippen LogP contribution is 2.67. The van der Waals surface area contributed by atoms with Crippen LogP contribution in [-0.4, -0.2) is 169 Å². The molecular weight excluding hydrogens is 1690 g/mol. The number of ether oxygens (including phenoxy) is 9. The highest BCUT2D eigenvalue weighted by molar-refractivity contribution is 5.87. The smallest absolute Gasteiger partial charge is 0.377 e. The normalized spacial score (nSPS) is 36.4. The summed E-state index contributed by atoms with van der Waals surface area (Å²) >= 11 is 0. The van der Waals surface area contributed by atoms with Crippen molar-refractivity contribution in [2.45, 2.75) is 331 Å². The van der Waals surface area contributed by atoms with Crippen molar-refractivity contribution >= 4 is 59.5 Å². The number of esters is 9. The standard InChI is InChI=1S/C21H26F2O2.C14H20F2O3.C14H20F2O2.C13H16F2O3.C11H12F2O4.C10H16F2O2.C9H12F2O4/c1-14-3-5-17(6-4-14)21-10-15-7-16(11-21)9-20(8-15,12-21)13-25-18(24)19(2,22)23;1-12(15,16)11(17)19-8-13-3-9-2-10(4-13)6-14(18,5-9)7-13;1-13(15,16)12(17)18-8-14-5-9-2-10(6-14)4-11(3-9)7-14;1-12(14,15)11(17)18-13-4-7-2-8(5-13)10(16)9(3-7)6-13;1-11(12,13)10(15)17-7-4-2-5-6(3-4)9(14)16-8(5)7;1-10(11,12)9(13)14-7-8-5-3-2-4-6-8;1-9(10,11)8(13)14-3-2-6-4-7(12)15-5-6/h3-6,15-16H,7-13H2,1-2H3;9-10,18H,2-8H2,1H3;9-11H,2-8H2,1H3;7-9H,2-6H2,1H3;4-8H,2-3H2,1H3;8H,2-7H2,1H3;6H,2-5H2,1H3. The third-order valence-electron chi connectivity index (χ3n) is 30.0. The summed E-state index contributed by atoms with van der Waals surface area (Å²) in [6.45, 7) is 6.69. The molecule has 1 aromatic rings. The molecular formula is C92H122F14O20. The van der Waals surface area contributed by atoms with Crippen molar-refractivity contribution in [3.05, 3.63) is 35.4 Å². The number of cyclic esters (lactones) is 1. The van der Waals surface area contributed by atoms with E-state index in [1.807, 2.05) is 0 Å². The zero-order valence-electron chi connectivity index (χ0n) is 73.0. The highest BCUT2D eigenvalue weighted by atomic mass is 19.3. The Kier molecular flexibility index (Phi) is 28.8. The van der Waals surface area contributed by atoms with Gasteiger partial charge in [0.05, 0.1) is 57.6 Å². The fourth-order valence-electron chi connectivity index (χ4n) is 26.2. The van der Waals surface area contributed by atoms with E-state index in [-0.39, 0.29) is 127 Å². The van der Waals surface area contributed by atoms with E-state index in [0.717, 1.165) is 133 Å². The Bertz CT molecular complexity index is 4030. The van der Waals surface area contributed by atoms with Crippen LogP contribution in [0.4, 0.5) is 61.5 Å². The Labute approximate surface area is 725 Å². The lowest BCUT2D eigenvalue weighted by Gasteiger charge is -2.62. The molecule has 708 valence electrons. The van der Waals surface area contributed by atoms with Crippen molar-refractivity contribution in [3.63, 3.8) is 0 Å². The minimum absolute atomic E-state index is 0.00671. The average molecular weight is 1810 g/mol. The summed E-state index contributed by atoms with van der Waals surface area (Å²) in [7, 11) is 0. The summed E-state index contributed by atoms with van der Waals surface area (Å²) in [6, 6.07) is 8.81. The van der Waals surface area contributed by atoms with Crippen LogP contribution in [0.3, 0.4) is 0 Å². The van der Waals surface area contributed by atoms with E-state index in [4.69, 9.17) is 28.4 Å². The zero-order valence-corrected chi connectivity index (χ0v) is 73.0. The Balaban J connectivity index is 0.000000135. The molecule has 22 rings (SSSR count). The number of halogens is 14. The van der Waals surface area contributed by atoms with Gasteiger partial charge in [-0.25, -0.2) is 33.6 Å². The SMILES string of the molecule is CC(F)(F)C(=O)OC12CC3CC(C1)C(=O)C(C3)C2.CC(F)(F)C(=O)OC1C2CC3C(=O)OC1C3C2.CC(F)(F)C(=O)OCC12CC3CC(CC(C3)C1)C2.CC(F)(F)C(=O)OCC12CC3CC(CC(O)(C3)C1)C2.CC(F)(F)C(=O)OCC1CCCCC1.CC(F)(F)C(=O)OCCC1COC(=O)C1.Cc1ccc(C23CC4CC(CC(COC(=O)C(C)(F)F)(C4)C2)C3)cc1. The maximum atomic E-state index is 13.2. The molecule has 1 N–H and O–H groups in total. The molecule has 0 radical (unpaired) electrons. The largest absolute Gasteiger partial charge is 0.465 e. The second-order valence-corrected chi connectivity index (χ2v) is 42.0. The van der Waals surface area contributed by atoms with Gasteiger partial charge in [0.2, 0.25) is 0 Å². The molecule has 2 aliphatic heterocycles. The number of hydrogen-bond acceptors (Lipinski definition) is 20. The summed E-state index contributed by atoms with van der Waals surface area (Å²) in [5.41, 5.74) is 0.974. The quantitative estimate of drug-likeness (QED) is 0.0680. The van der Waals surface area contributed by atoms with Crippen molar-refractivity contribution in [2.75, 3.05) is 39.6 Å². The molecule has 34 heteroatoms. The molecule has 12 unspecified atom stereocenters. The van der Waals surface area contributed by atoms with Crippen LogP contribution in [-0.2, 0) is 96.0 Å². The van der Waals surface area contributed by atoms with E-state index in [9.17, 15) is 115 Å². The van der Waals surface area contributed by atoms with Gasteiger partial charge in [0.25, 0.3) is 0 Å². The van der Waals surface area contributed by atoms with Crippen LogP contribution in [0.15, 0.2) is 24.3 Å². The monoisotopic (exact) mass is 1810 g/mol. The summed E-state index contributed by atoms with van der Waals surface area (Å²) in [5, 5.41) is 10.5. The third-order valence-corrected chi connectivity index (χ3v) is 30.0. The van der Waals surface area contributed by atoms with Gasteiger partial charge in [-0.2, -0.15) is 61.5 Å². The number of hydrogen-bond donors (Lipinski definition) is 1. The molecule has 0 spiro atoms. The Morgan fingerprint density at radius 2 is 0.865 bits per heavy atom. The second kappa shape index (κ2) is 37.0. The Hall–Kier alpha value is -6.90. The number of Topliss-reactive ketones (excluding diaryl/α,β-unsaturated/α-hetero) is 1. The average Bonchev–Trinajstić information content (AvgIpc) is 1.27. The van der Waals surface area contributed by atoms with Gasteiger partial charge in [-0.15, -0.1) is 0 Å². The molecule has 21 fully saturated rings. The molecule has 126 heavy (non-hydrogen) atoms. The second-order valence-electron chi connectivity index (χ2n) is 42.0. The predicted octanol–water partition coefficient (Wildman–Crippen LogP) is 18.3. The van der Waals surface area contributed by atoms with Crippen LogP contribution in [0.2, 0.25) is 0 Å². The van der Waals surface area contributed by atoms with Gasteiger partial charge < -0.3 is 47.7 Å². The van der Waals surface area contributed by atoms with E-state index in [1.54, 1.807) is 0 Å². The zero-order chi connectivity index (χ0) is 92.3. The predicted molar refractivity (Wildman–Crippen MR) is 419 cm³/mol. The van der Waals surface area contributed by atoms with Gasteiger partial charge in [-0.05, 0) is 251 Å². The Morgan fingerprint density at radius 1 is 0.444 bits per heavy atom. The van der Waals surface area contributed by atoms with Crippen LogP contribution in [0.5, 0.6) is 0 Å². The molecule has 12 atom stereocenters. The number of carbonyl (C=O) groups excluding carboxylic acids is 10. The molecule has 19 aliphatic carbocycles. The number of fused-ring (bicyclic) bond motifs is 1. The van der Waals surface area contributed by atoms with Crippen molar-refractivity contribution in [1.29, 1.82) is 0 Å². The lowest BCUT2D eigenvalue weighted by atomic mass is 9.43. The van der Waals surface area contributed by atoms with Gasteiger partial charge in [-0.1, -0.05) is 49.1 Å². The van der Waals surface area contributed by atoms with Gasteiger partial charge in [0.1, 0.15) is 23.6 Å². The van der Waals surface area contributed by atoms with Crippen molar-refractivity contribution in [2.24, 2.45) is 105 Å². The van der Waals surface area contributed by atoms with E-state index in [0.29, 0.717) is 117 Å². The first-order valence-corrected chi connectivity index (χ1v) is 45.0. The Morgan fingerprint density at radius 3 is 1.32 bits per heavy atom. The molecule has 18 bridgehead atoms. The van der Waals surface area contributed by atoms with Crippen LogP contribution in [0.1, 0.15) is 265 Å². The molecule has 2 heterocycles. The van der Waals surface area contributed by atoms with E-state index < -0.39 is 107 Å². The maximum absolute atomic E-state index is 13.2. The van der Waals surface area contributed by atoms with Crippen molar-refractivity contribution < 1.29 is 157 Å². The topological polar surface area (TPSA) is 274 Å². The van der Waals surface area contributed by atoms with E-state index in [1.165, 1.54) is 56.1 Å².